The molecule has 17 heavy (non-hydrogen) atoms. The van der Waals surface area contributed by atoms with Gasteiger partial charge in [-0.25, -0.2) is 0 Å². The van der Waals surface area contributed by atoms with Crippen LogP contribution in [-0.2, 0) is 6.54 Å². The molecule has 0 aliphatic rings. The first-order valence-corrected chi connectivity index (χ1v) is 6.69. The molecule has 2 aromatic rings. The number of hydrogen-bond acceptors (Lipinski definition) is 2. The lowest BCUT2D eigenvalue weighted by Crippen LogP contribution is -1.96. The molecule has 0 amide bonds. The SMILES string of the molecule is NCc1cc(Br)cc(Oc2ccc(Br)cc2)c1. The van der Waals surface area contributed by atoms with Crippen molar-refractivity contribution in [2.75, 3.05) is 0 Å². The average Bonchev–Trinajstić information content (AvgIpc) is 2.31. The fourth-order valence-corrected chi connectivity index (χ4v) is 2.22. The summed E-state index contributed by atoms with van der Waals surface area (Å²) in [6, 6.07) is 13.5. The minimum absolute atomic E-state index is 0.496. The van der Waals surface area contributed by atoms with E-state index in [1.807, 2.05) is 42.5 Å². The Balaban J connectivity index is 2.23. The summed E-state index contributed by atoms with van der Waals surface area (Å²) < 4.78 is 7.75. The third-order valence-electron chi connectivity index (χ3n) is 2.22. The number of hydrogen-bond donors (Lipinski definition) is 1. The Hall–Kier alpha value is -0.840. The predicted molar refractivity (Wildman–Crippen MR) is 76.2 cm³/mol. The molecule has 0 saturated heterocycles. The molecule has 2 N–H and O–H groups in total. The van der Waals surface area contributed by atoms with Gasteiger partial charge in [-0.3, -0.25) is 0 Å². The number of nitrogens with two attached hydrogens (primary N) is 1. The lowest BCUT2D eigenvalue weighted by Gasteiger charge is -2.08. The molecular weight excluding hydrogens is 346 g/mol. The van der Waals surface area contributed by atoms with Crippen LogP contribution in [0.25, 0.3) is 0 Å². The zero-order valence-electron chi connectivity index (χ0n) is 8.99. The van der Waals surface area contributed by atoms with Gasteiger partial charge in [0.2, 0.25) is 0 Å². The van der Waals surface area contributed by atoms with Gasteiger partial charge in [-0.15, -0.1) is 0 Å². The second kappa shape index (κ2) is 5.67. The maximum absolute atomic E-state index is 5.75. The van der Waals surface area contributed by atoms with Crippen LogP contribution in [0.2, 0.25) is 0 Å². The van der Waals surface area contributed by atoms with Crippen LogP contribution < -0.4 is 10.5 Å². The van der Waals surface area contributed by atoms with Gasteiger partial charge in [0.1, 0.15) is 11.5 Å². The standard InChI is InChI=1S/C13H11Br2NO/c14-10-1-3-12(4-2-10)17-13-6-9(8-16)5-11(15)7-13/h1-7H,8,16H2. The summed E-state index contributed by atoms with van der Waals surface area (Å²) in [6.45, 7) is 0.496. The Morgan fingerprint density at radius 1 is 0.882 bits per heavy atom. The van der Waals surface area contributed by atoms with Gasteiger partial charge in [0, 0.05) is 15.5 Å². The Labute approximate surface area is 117 Å². The highest BCUT2D eigenvalue weighted by molar-refractivity contribution is 9.10. The highest BCUT2D eigenvalue weighted by atomic mass is 79.9. The molecule has 2 nitrogen and oxygen atoms in total. The third kappa shape index (κ3) is 3.56. The highest BCUT2D eigenvalue weighted by Crippen LogP contribution is 2.27. The molecule has 0 bridgehead atoms. The van der Waals surface area contributed by atoms with Gasteiger partial charge in [0.25, 0.3) is 0 Å². The van der Waals surface area contributed by atoms with Crippen molar-refractivity contribution < 1.29 is 4.74 Å². The molecule has 88 valence electrons. The minimum Gasteiger partial charge on any atom is -0.457 e. The van der Waals surface area contributed by atoms with E-state index in [9.17, 15) is 0 Å². The highest BCUT2D eigenvalue weighted by Gasteiger charge is 2.01. The average molecular weight is 357 g/mol. The van der Waals surface area contributed by atoms with Crippen LogP contribution in [0.4, 0.5) is 0 Å². The van der Waals surface area contributed by atoms with Crippen LogP contribution >= 0.6 is 31.9 Å². The van der Waals surface area contributed by atoms with E-state index in [2.05, 4.69) is 31.9 Å². The first-order chi connectivity index (χ1) is 8.17. The normalized spacial score (nSPS) is 10.3. The first-order valence-electron chi connectivity index (χ1n) is 5.10. The second-order valence-corrected chi connectivity index (χ2v) is 5.39. The third-order valence-corrected chi connectivity index (χ3v) is 3.20. The van der Waals surface area contributed by atoms with Crippen molar-refractivity contribution in [3.05, 3.63) is 57.0 Å². The van der Waals surface area contributed by atoms with Crippen molar-refractivity contribution in [3.63, 3.8) is 0 Å². The summed E-state index contributed by atoms with van der Waals surface area (Å²) in [5, 5.41) is 0. The van der Waals surface area contributed by atoms with E-state index < -0.39 is 0 Å². The van der Waals surface area contributed by atoms with Crippen LogP contribution in [0.3, 0.4) is 0 Å². The van der Waals surface area contributed by atoms with Crippen LogP contribution in [0.1, 0.15) is 5.56 Å². The fraction of sp³-hybridized carbons (Fsp3) is 0.0769. The van der Waals surface area contributed by atoms with Gasteiger partial charge >= 0.3 is 0 Å². The number of ether oxygens (including phenoxy) is 1. The van der Waals surface area contributed by atoms with Crippen molar-refractivity contribution >= 4 is 31.9 Å². The molecule has 0 aliphatic carbocycles. The predicted octanol–water partition coefficient (Wildman–Crippen LogP) is 4.46. The number of rotatable bonds is 3. The van der Waals surface area contributed by atoms with Crippen molar-refractivity contribution in [2.45, 2.75) is 6.54 Å². The molecule has 4 heteroatoms. The molecule has 0 saturated carbocycles. The van der Waals surface area contributed by atoms with Gasteiger partial charge in [-0.1, -0.05) is 31.9 Å². The van der Waals surface area contributed by atoms with Crippen molar-refractivity contribution in [1.82, 2.24) is 0 Å². The molecular formula is C13H11Br2NO. The summed E-state index contributed by atoms with van der Waals surface area (Å²) in [5.74, 6) is 1.58. The summed E-state index contributed by atoms with van der Waals surface area (Å²) in [6.07, 6.45) is 0. The fourth-order valence-electron chi connectivity index (χ4n) is 1.44. The summed E-state index contributed by atoms with van der Waals surface area (Å²) in [7, 11) is 0. The van der Waals surface area contributed by atoms with E-state index in [1.54, 1.807) is 0 Å². The van der Waals surface area contributed by atoms with Crippen molar-refractivity contribution in [2.24, 2.45) is 5.73 Å². The lowest BCUT2D eigenvalue weighted by molar-refractivity contribution is 0.481. The summed E-state index contributed by atoms with van der Waals surface area (Å²) in [5.41, 5.74) is 6.65. The molecule has 0 aliphatic heterocycles. The molecule has 0 atom stereocenters. The van der Waals surface area contributed by atoms with E-state index in [-0.39, 0.29) is 0 Å². The maximum atomic E-state index is 5.75. The molecule has 2 aromatic carbocycles. The zero-order chi connectivity index (χ0) is 12.3. The van der Waals surface area contributed by atoms with Gasteiger partial charge in [0.05, 0.1) is 0 Å². The minimum atomic E-state index is 0.496. The van der Waals surface area contributed by atoms with Crippen LogP contribution in [0.5, 0.6) is 11.5 Å². The van der Waals surface area contributed by atoms with E-state index >= 15 is 0 Å². The van der Waals surface area contributed by atoms with Gasteiger partial charge in [0.15, 0.2) is 0 Å². The quantitative estimate of drug-likeness (QED) is 0.880. The van der Waals surface area contributed by atoms with E-state index in [0.717, 1.165) is 26.0 Å². The topological polar surface area (TPSA) is 35.2 Å². The van der Waals surface area contributed by atoms with Crippen LogP contribution in [0.15, 0.2) is 51.4 Å². The molecule has 0 unspecified atom stereocenters. The second-order valence-electron chi connectivity index (χ2n) is 3.56. The van der Waals surface area contributed by atoms with E-state index in [4.69, 9.17) is 10.5 Å². The zero-order valence-corrected chi connectivity index (χ0v) is 12.2. The summed E-state index contributed by atoms with van der Waals surface area (Å²) in [4.78, 5) is 0. The Kier molecular flexibility index (Phi) is 4.20. The maximum Gasteiger partial charge on any atom is 0.128 e. The number of halogens is 2. The Morgan fingerprint density at radius 3 is 2.24 bits per heavy atom. The van der Waals surface area contributed by atoms with Gasteiger partial charge < -0.3 is 10.5 Å². The van der Waals surface area contributed by atoms with Gasteiger partial charge in [-0.2, -0.15) is 0 Å². The smallest absolute Gasteiger partial charge is 0.128 e. The molecule has 0 heterocycles. The lowest BCUT2D eigenvalue weighted by atomic mass is 10.2. The van der Waals surface area contributed by atoms with Crippen LogP contribution in [0, 0.1) is 0 Å². The van der Waals surface area contributed by atoms with Gasteiger partial charge in [-0.05, 0) is 48.0 Å². The first kappa shape index (κ1) is 12.6. The monoisotopic (exact) mass is 355 g/mol. The molecule has 2 rings (SSSR count). The van der Waals surface area contributed by atoms with Crippen molar-refractivity contribution in [1.29, 1.82) is 0 Å². The molecule has 0 aromatic heterocycles. The molecule has 0 fully saturated rings. The summed E-state index contributed by atoms with van der Waals surface area (Å²) >= 11 is 6.82. The van der Waals surface area contributed by atoms with E-state index in [0.29, 0.717) is 6.54 Å². The van der Waals surface area contributed by atoms with Crippen LogP contribution in [-0.4, -0.2) is 0 Å². The van der Waals surface area contributed by atoms with E-state index in [1.165, 1.54) is 0 Å². The molecule has 0 radical (unpaired) electrons. The Bertz CT molecular complexity index is 511. The molecule has 0 spiro atoms. The Morgan fingerprint density at radius 2 is 1.59 bits per heavy atom. The van der Waals surface area contributed by atoms with Crippen molar-refractivity contribution in [3.8, 4) is 11.5 Å². The number of benzene rings is 2. The largest absolute Gasteiger partial charge is 0.457 e.